The maximum absolute atomic E-state index is 13.3. The summed E-state index contributed by atoms with van der Waals surface area (Å²) in [6.45, 7) is 5.17. The normalized spacial score (nSPS) is 20.4. The Morgan fingerprint density at radius 1 is 1.14 bits per heavy atom. The molecule has 1 amide bonds. The fourth-order valence-corrected chi connectivity index (χ4v) is 4.26. The topological polar surface area (TPSA) is 46.6 Å². The number of nitrogens with zero attached hydrogens (tertiary/aromatic N) is 1. The highest BCUT2D eigenvalue weighted by atomic mass is 16.5. The number of esters is 1. The lowest BCUT2D eigenvalue weighted by Crippen LogP contribution is -2.42. The van der Waals surface area contributed by atoms with Gasteiger partial charge in [-0.1, -0.05) is 63.4 Å². The lowest BCUT2D eigenvalue weighted by atomic mass is 9.79. The van der Waals surface area contributed by atoms with Gasteiger partial charge in [0.15, 0.2) is 0 Å². The molecular weight excluding hydrogens is 350 g/mol. The summed E-state index contributed by atoms with van der Waals surface area (Å²) in [5.74, 6) is 0.571. The van der Waals surface area contributed by atoms with Gasteiger partial charge in [-0.3, -0.25) is 9.59 Å². The Morgan fingerprint density at radius 2 is 1.82 bits per heavy atom. The molecule has 1 aliphatic rings. The van der Waals surface area contributed by atoms with Gasteiger partial charge in [0.05, 0.1) is 13.0 Å². The quantitative estimate of drug-likeness (QED) is 0.539. The maximum Gasteiger partial charge on any atom is 0.310 e. The molecule has 0 spiro atoms. The van der Waals surface area contributed by atoms with E-state index < -0.39 is 0 Å². The summed E-state index contributed by atoms with van der Waals surface area (Å²) in [7, 11) is 1.41. The number of benzene rings is 1. The van der Waals surface area contributed by atoms with E-state index in [-0.39, 0.29) is 23.7 Å². The van der Waals surface area contributed by atoms with Crippen LogP contribution in [0.4, 0.5) is 0 Å². The summed E-state index contributed by atoms with van der Waals surface area (Å²) < 4.78 is 4.88. The molecule has 4 nitrogen and oxygen atoms in total. The second kappa shape index (κ2) is 11.9. The number of hydrogen-bond donors (Lipinski definition) is 0. The molecule has 2 rings (SSSR count). The van der Waals surface area contributed by atoms with Gasteiger partial charge in [-0.15, -0.1) is 0 Å². The third-order valence-corrected chi connectivity index (χ3v) is 6.08. The van der Waals surface area contributed by atoms with Crippen molar-refractivity contribution in [3.8, 4) is 0 Å². The predicted octanol–water partition coefficient (Wildman–Crippen LogP) is 4.86. The smallest absolute Gasteiger partial charge is 0.310 e. The van der Waals surface area contributed by atoms with Crippen molar-refractivity contribution in [1.82, 2.24) is 4.90 Å². The van der Waals surface area contributed by atoms with E-state index in [0.717, 1.165) is 38.0 Å². The van der Waals surface area contributed by atoms with Crippen molar-refractivity contribution in [1.29, 1.82) is 0 Å². The Morgan fingerprint density at radius 3 is 2.43 bits per heavy atom. The number of carbonyl (C=O) groups is 2. The predicted molar refractivity (Wildman–Crippen MR) is 113 cm³/mol. The van der Waals surface area contributed by atoms with Crippen LogP contribution in [0.2, 0.25) is 0 Å². The van der Waals surface area contributed by atoms with Gasteiger partial charge >= 0.3 is 5.97 Å². The van der Waals surface area contributed by atoms with Crippen LogP contribution in [0.25, 0.3) is 0 Å². The van der Waals surface area contributed by atoms with Crippen LogP contribution < -0.4 is 0 Å². The van der Waals surface area contributed by atoms with Crippen LogP contribution in [0, 0.1) is 17.8 Å². The van der Waals surface area contributed by atoms with Gasteiger partial charge in [0.1, 0.15) is 0 Å². The first-order valence-electron chi connectivity index (χ1n) is 11.0. The zero-order valence-corrected chi connectivity index (χ0v) is 17.9. The Labute approximate surface area is 170 Å². The van der Waals surface area contributed by atoms with E-state index in [0.29, 0.717) is 13.1 Å². The van der Waals surface area contributed by atoms with Crippen LogP contribution in [0.3, 0.4) is 0 Å². The number of rotatable bonds is 10. The molecule has 0 aliphatic heterocycles. The van der Waals surface area contributed by atoms with E-state index in [9.17, 15) is 9.59 Å². The van der Waals surface area contributed by atoms with Crippen LogP contribution in [0.1, 0.15) is 64.4 Å². The molecule has 28 heavy (non-hydrogen) atoms. The Balaban J connectivity index is 1.96. The first-order chi connectivity index (χ1) is 13.5. The highest BCUT2D eigenvalue weighted by molar-refractivity contribution is 5.80. The fourth-order valence-electron chi connectivity index (χ4n) is 4.26. The minimum absolute atomic E-state index is 0.110. The van der Waals surface area contributed by atoms with Crippen LogP contribution in [-0.4, -0.2) is 37.0 Å². The number of ether oxygens (including phenoxy) is 1. The van der Waals surface area contributed by atoms with Crippen molar-refractivity contribution >= 4 is 11.9 Å². The third-order valence-electron chi connectivity index (χ3n) is 6.08. The van der Waals surface area contributed by atoms with E-state index in [1.165, 1.54) is 31.9 Å². The van der Waals surface area contributed by atoms with E-state index in [4.69, 9.17) is 4.74 Å². The lowest BCUT2D eigenvalue weighted by molar-refractivity contribution is -0.147. The highest BCUT2D eigenvalue weighted by Crippen LogP contribution is 2.33. The molecule has 1 saturated carbocycles. The van der Waals surface area contributed by atoms with Crippen molar-refractivity contribution in [3.63, 3.8) is 0 Å². The standard InChI is InChI=1S/C24H37NO3/c1-4-5-9-21-12-14-22(15-13-21)23(26)25(18-19(2)24(27)28-3)17-16-20-10-7-6-8-11-20/h6-8,10-11,19,21-22H,4-5,9,12-18H2,1-3H3. The molecule has 1 unspecified atom stereocenters. The Hall–Kier alpha value is -1.84. The summed E-state index contributed by atoms with van der Waals surface area (Å²) in [5.41, 5.74) is 1.22. The van der Waals surface area contributed by atoms with Gasteiger partial charge in [-0.05, 0) is 43.6 Å². The van der Waals surface area contributed by atoms with Crippen LogP contribution in [-0.2, 0) is 20.7 Å². The fraction of sp³-hybridized carbons (Fsp3) is 0.667. The highest BCUT2D eigenvalue weighted by Gasteiger charge is 2.30. The van der Waals surface area contributed by atoms with Gasteiger partial charge in [0.25, 0.3) is 0 Å². The molecule has 1 aromatic rings. The minimum Gasteiger partial charge on any atom is -0.469 e. The zero-order chi connectivity index (χ0) is 20.4. The van der Waals surface area contributed by atoms with E-state index in [2.05, 4.69) is 19.1 Å². The van der Waals surface area contributed by atoms with E-state index >= 15 is 0 Å². The monoisotopic (exact) mass is 387 g/mol. The lowest BCUT2D eigenvalue weighted by Gasteiger charge is -2.33. The summed E-state index contributed by atoms with van der Waals surface area (Å²) in [5, 5.41) is 0. The molecule has 0 aromatic heterocycles. The van der Waals surface area contributed by atoms with Gasteiger partial charge in [-0.2, -0.15) is 0 Å². The van der Waals surface area contributed by atoms with Gasteiger partial charge < -0.3 is 9.64 Å². The van der Waals surface area contributed by atoms with Crippen molar-refractivity contribution in [2.45, 2.75) is 65.2 Å². The molecule has 0 radical (unpaired) electrons. The number of amides is 1. The summed E-state index contributed by atoms with van der Waals surface area (Å²) in [4.78, 5) is 27.1. The molecule has 1 fully saturated rings. The van der Waals surface area contributed by atoms with E-state index in [1.54, 1.807) is 0 Å². The summed E-state index contributed by atoms with van der Waals surface area (Å²) in [6.07, 6.45) is 8.95. The molecule has 156 valence electrons. The number of unbranched alkanes of at least 4 members (excludes halogenated alkanes) is 1. The first kappa shape index (κ1) is 22.4. The summed E-state index contributed by atoms with van der Waals surface area (Å²) >= 11 is 0. The number of hydrogen-bond acceptors (Lipinski definition) is 3. The minimum atomic E-state index is -0.300. The molecule has 1 aliphatic carbocycles. The average molecular weight is 388 g/mol. The van der Waals surface area contributed by atoms with Crippen molar-refractivity contribution < 1.29 is 14.3 Å². The average Bonchev–Trinajstić information content (AvgIpc) is 2.75. The van der Waals surface area contributed by atoms with Crippen molar-refractivity contribution in [2.24, 2.45) is 17.8 Å². The third kappa shape index (κ3) is 6.96. The van der Waals surface area contributed by atoms with Gasteiger partial charge in [-0.25, -0.2) is 0 Å². The number of methoxy groups -OCH3 is 1. The summed E-state index contributed by atoms with van der Waals surface area (Å²) in [6, 6.07) is 10.2. The molecule has 0 bridgehead atoms. The second-order valence-corrected chi connectivity index (χ2v) is 8.30. The SMILES string of the molecule is CCCCC1CCC(C(=O)N(CCc2ccccc2)CC(C)C(=O)OC)CC1. The largest absolute Gasteiger partial charge is 0.469 e. The molecule has 1 atom stereocenters. The molecule has 1 aromatic carbocycles. The second-order valence-electron chi connectivity index (χ2n) is 8.30. The van der Waals surface area contributed by atoms with Crippen molar-refractivity contribution in [2.75, 3.05) is 20.2 Å². The van der Waals surface area contributed by atoms with Crippen molar-refractivity contribution in [3.05, 3.63) is 35.9 Å². The molecule has 0 saturated heterocycles. The van der Waals surface area contributed by atoms with Gasteiger partial charge in [0, 0.05) is 19.0 Å². The molecular formula is C24H37NO3. The zero-order valence-electron chi connectivity index (χ0n) is 17.9. The van der Waals surface area contributed by atoms with Gasteiger partial charge in [0.2, 0.25) is 5.91 Å². The number of carbonyl (C=O) groups excluding carboxylic acids is 2. The van der Waals surface area contributed by atoms with E-state index in [1.807, 2.05) is 30.0 Å². The molecule has 0 N–H and O–H groups in total. The Bertz CT molecular complexity index is 593. The molecule has 0 heterocycles. The first-order valence-corrected chi connectivity index (χ1v) is 11.0. The maximum atomic E-state index is 13.3. The van der Waals surface area contributed by atoms with Crippen LogP contribution in [0.15, 0.2) is 30.3 Å². The van der Waals surface area contributed by atoms with Crippen LogP contribution >= 0.6 is 0 Å². The Kier molecular flexibility index (Phi) is 9.52. The molecule has 4 heteroatoms. The van der Waals surface area contributed by atoms with Crippen LogP contribution in [0.5, 0.6) is 0 Å².